The third-order valence-electron chi connectivity index (χ3n) is 7.12. The summed E-state index contributed by atoms with van der Waals surface area (Å²) in [5.74, 6) is -0.204. The van der Waals surface area contributed by atoms with E-state index in [1.54, 1.807) is 42.3 Å². The van der Waals surface area contributed by atoms with Gasteiger partial charge in [-0.3, -0.25) is 29.4 Å². The van der Waals surface area contributed by atoms with Gasteiger partial charge in [0.1, 0.15) is 11.8 Å². The predicted molar refractivity (Wildman–Crippen MR) is 125 cm³/mol. The Morgan fingerprint density at radius 2 is 1.86 bits per heavy atom. The summed E-state index contributed by atoms with van der Waals surface area (Å²) in [7, 11) is 1.55. The van der Waals surface area contributed by atoms with Crippen LogP contribution in [0.5, 0.6) is 5.75 Å². The summed E-state index contributed by atoms with van der Waals surface area (Å²) >= 11 is 0. The Morgan fingerprint density at radius 3 is 2.56 bits per heavy atom. The number of benzene rings is 1. The van der Waals surface area contributed by atoms with Crippen LogP contribution in [0.2, 0.25) is 0 Å². The number of aromatic nitrogens is 1. The van der Waals surface area contributed by atoms with Gasteiger partial charge in [-0.2, -0.15) is 0 Å². The molecule has 188 valence electrons. The van der Waals surface area contributed by atoms with E-state index in [4.69, 9.17) is 4.74 Å². The van der Waals surface area contributed by atoms with Crippen molar-refractivity contribution in [3.05, 3.63) is 68.1 Å². The highest BCUT2D eigenvalue weighted by atomic mass is 16.6. The van der Waals surface area contributed by atoms with Gasteiger partial charge in [0.2, 0.25) is 5.91 Å². The van der Waals surface area contributed by atoms with E-state index in [9.17, 15) is 29.3 Å². The van der Waals surface area contributed by atoms with Crippen LogP contribution >= 0.6 is 0 Å². The molecule has 2 aromatic rings. The van der Waals surface area contributed by atoms with E-state index in [0.717, 1.165) is 16.9 Å². The third-order valence-corrected chi connectivity index (χ3v) is 7.12. The lowest BCUT2D eigenvalue weighted by molar-refractivity contribution is -0.386. The molecule has 12 heteroatoms. The number of hydrogen-bond donors (Lipinski definition) is 1. The van der Waals surface area contributed by atoms with E-state index in [-0.39, 0.29) is 30.7 Å². The van der Waals surface area contributed by atoms with E-state index >= 15 is 0 Å². The van der Waals surface area contributed by atoms with Gasteiger partial charge in [-0.05, 0) is 36.1 Å². The summed E-state index contributed by atoms with van der Waals surface area (Å²) in [4.78, 5) is 64.2. The molecule has 3 aliphatic heterocycles. The molecule has 1 aromatic heterocycles. The lowest BCUT2D eigenvalue weighted by Crippen LogP contribution is -2.50. The molecule has 2 saturated heterocycles. The first-order chi connectivity index (χ1) is 17.2. The predicted octanol–water partition coefficient (Wildman–Crippen LogP) is 1.22. The van der Waals surface area contributed by atoms with Gasteiger partial charge in [-0.25, -0.2) is 4.79 Å². The minimum atomic E-state index is -0.942. The number of nitro groups is 1. The Morgan fingerprint density at radius 1 is 1.11 bits per heavy atom. The molecule has 2 unspecified atom stereocenters. The molecule has 12 nitrogen and oxygen atoms in total. The van der Waals surface area contributed by atoms with Crippen LogP contribution in [-0.4, -0.2) is 63.4 Å². The number of pyridine rings is 1. The number of nitrogens with zero attached hydrogens (tertiary/aromatic N) is 4. The van der Waals surface area contributed by atoms with Gasteiger partial charge >= 0.3 is 17.3 Å². The number of piperidine rings is 1. The molecule has 2 fully saturated rings. The van der Waals surface area contributed by atoms with Crippen molar-refractivity contribution in [2.75, 3.05) is 20.2 Å². The van der Waals surface area contributed by atoms with Crippen LogP contribution in [0.4, 0.5) is 10.5 Å². The fraction of sp³-hybridized carbons (Fsp3) is 0.417. The number of rotatable bonds is 6. The van der Waals surface area contributed by atoms with Crippen LogP contribution < -0.4 is 15.6 Å². The van der Waals surface area contributed by atoms with Crippen LogP contribution in [0.15, 0.2) is 41.2 Å². The first kappa shape index (κ1) is 23.5. The fourth-order valence-corrected chi connectivity index (χ4v) is 5.36. The van der Waals surface area contributed by atoms with Crippen molar-refractivity contribution in [3.8, 4) is 5.75 Å². The monoisotopic (exact) mass is 495 g/mol. The maximum Gasteiger partial charge on any atom is 0.334 e. The molecule has 4 amide bonds. The van der Waals surface area contributed by atoms with Gasteiger partial charge in [-0.1, -0.05) is 12.1 Å². The number of likely N-dealkylation sites (tertiary alicyclic amines) is 1. The molecule has 0 spiro atoms. The van der Waals surface area contributed by atoms with Crippen molar-refractivity contribution in [1.29, 1.82) is 0 Å². The van der Waals surface area contributed by atoms with E-state index in [0.29, 0.717) is 31.1 Å². The zero-order valence-corrected chi connectivity index (χ0v) is 19.6. The summed E-state index contributed by atoms with van der Waals surface area (Å²) in [5, 5.41) is 13.7. The van der Waals surface area contributed by atoms with Crippen molar-refractivity contribution in [2.24, 2.45) is 5.92 Å². The smallest absolute Gasteiger partial charge is 0.334 e. The van der Waals surface area contributed by atoms with Crippen LogP contribution in [0.25, 0.3) is 0 Å². The Kier molecular flexibility index (Phi) is 5.94. The average molecular weight is 495 g/mol. The molecule has 0 aliphatic carbocycles. The number of urea groups is 1. The number of imide groups is 1. The highest BCUT2D eigenvalue weighted by molar-refractivity contribution is 6.05. The number of fused-ring (bicyclic) bond motifs is 4. The second-order valence-corrected chi connectivity index (χ2v) is 9.39. The maximum atomic E-state index is 13.1. The van der Waals surface area contributed by atoms with E-state index in [2.05, 4.69) is 5.32 Å². The zero-order chi connectivity index (χ0) is 25.6. The Bertz CT molecular complexity index is 1300. The number of amides is 4. The standard InChI is InChI=1S/C24H25N5O7/c1-36-17-4-2-14(3-5-17)11-28-22(31)18(25-24(28)33)9-21(30)26-10-15-8-16(13-26)19-6-7-20(29(34)35)23(32)27(19)12-15/h2-7,15-16,18H,8-13H2,1H3,(H,25,33)/t15?,16?,18-/m0/s1. The molecule has 36 heavy (non-hydrogen) atoms. The van der Waals surface area contributed by atoms with Gasteiger partial charge in [0.05, 0.1) is 25.0 Å². The van der Waals surface area contributed by atoms with Crippen molar-refractivity contribution >= 4 is 23.5 Å². The van der Waals surface area contributed by atoms with Gasteiger partial charge < -0.3 is 19.5 Å². The van der Waals surface area contributed by atoms with Crippen LogP contribution in [-0.2, 0) is 22.7 Å². The molecule has 3 atom stereocenters. The SMILES string of the molecule is COc1ccc(CN2C(=O)N[C@@H](CC(=O)N3CC4CC(C3)c3ccc([N+](=O)[O-])c(=O)n3C4)C2=O)cc1. The van der Waals surface area contributed by atoms with E-state index in [1.807, 2.05) is 0 Å². The van der Waals surface area contributed by atoms with Crippen LogP contribution in [0.1, 0.15) is 30.0 Å². The number of carbonyl (C=O) groups excluding carboxylic acids is 3. The van der Waals surface area contributed by atoms with Crippen molar-refractivity contribution in [3.63, 3.8) is 0 Å². The lowest BCUT2D eigenvalue weighted by atomic mass is 9.83. The normalized spacial score (nSPS) is 22.8. The largest absolute Gasteiger partial charge is 0.497 e. The lowest BCUT2D eigenvalue weighted by Gasteiger charge is -2.42. The molecule has 4 heterocycles. The highest BCUT2D eigenvalue weighted by Crippen LogP contribution is 2.36. The molecule has 5 rings (SSSR count). The Balaban J connectivity index is 1.25. The molecular weight excluding hydrogens is 470 g/mol. The number of nitrogens with one attached hydrogen (secondary N) is 1. The fourth-order valence-electron chi connectivity index (χ4n) is 5.36. The minimum Gasteiger partial charge on any atom is -0.497 e. The number of ether oxygens (including phenoxy) is 1. The summed E-state index contributed by atoms with van der Waals surface area (Å²) < 4.78 is 6.58. The highest BCUT2D eigenvalue weighted by Gasteiger charge is 2.42. The zero-order valence-electron chi connectivity index (χ0n) is 19.6. The molecular formula is C24H25N5O7. The topological polar surface area (TPSA) is 144 Å². The van der Waals surface area contributed by atoms with Crippen molar-refractivity contribution in [2.45, 2.75) is 37.9 Å². The second-order valence-electron chi connectivity index (χ2n) is 9.39. The van der Waals surface area contributed by atoms with Gasteiger partial charge in [0.15, 0.2) is 0 Å². The van der Waals surface area contributed by atoms with Crippen LogP contribution in [0.3, 0.4) is 0 Å². The van der Waals surface area contributed by atoms with Crippen molar-refractivity contribution < 1.29 is 24.0 Å². The van der Waals surface area contributed by atoms with Gasteiger partial charge in [0, 0.05) is 37.3 Å². The molecule has 0 saturated carbocycles. The summed E-state index contributed by atoms with van der Waals surface area (Å²) in [6.45, 7) is 1.11. The first-order valence-corrected chi connectivity index (χ1v) is 11.7. The number of methoxy groups -OCH3 is 1. The van der Waals surface area contributed by atoms with Crippen LogP contribution in [0, 0.1) is 16.0 Å². The summed E-state index contributed by atoms with van der Waals surface area (Å²) in [6.07, 6.45) is 0.617. The van der Waals surface area contributed by atoms with Crippen molar-refractivity contribution in [1.82, 2.24) is 19.7 Å². The van der Waals surface area contributed by atoms with Gasteiger partial charge in [-0.15, -0.1) is 0 Å². The van der Waals surface area contributed by atoms with E-state index < -0.39 is 34.2 Å². The minimum absolute atomic E-state index is 0.0275. The molecule has 2 bridgehead atoms. The second kappa shape index (κ2) is 9.10. The molecule has 3 aliphatic rings. The van der Waals surface area contributed by atoms with Gasteiger partial charge in [0.25, 0.3) is 5.91 Å². The Hall–Kier alpha value is -4.22. The quantitative estimate of drug-likeness (QED) is 0.360. The third kappa shape index (κ3) is 4.18. The first-order valence-electron chi connectivity index (χ1n) is 11.7. The van der Waals surface area contributed by atoms with E-state index in [1.165, 1.54) is 10.6 Å². The summed E-state index contributed by atoms with van der Waals surface area (Å²) in [5.41, 5.74) is 0.351. The summed E-state index contributed by atoms with van der Waals surface area (Å²) in [6, 6.07) is 8.34. The molecule has 1 N–H and O–H groups in total. The Labute approximate surface area is 205 Å². The molecule has 0 radical (unpaired) electrons. The maximum absolute atomic E-state index is 13.1. The number of carbonyl (C=O) groups is 3. The average Bonchev–Trinajstić information content (AvgIpc) is 3.12. The molecule has 1 aromatic carbocycles. The number of hydrogen-bond acceptors (Lipinski definition) is 7.